The lowest BCUT2D eigenvalue weighted by Crippen LogP contribution is -2.15. The fourth-order valence-electron chi connectivity index (χ4n) is 2.81. The second-order valence-electron chi connectivity index (χ2n) is 6.18. The molecule has 0 saturated heterocycles. The van der Waals surface area contributed by atoms with Gasteiger partial charge in [0.2, 0.25) is 0 Å². The van der Waals surface area contributed by atoms with Gasteiger partial charge in [-0.1, -0.05) is 65.3 Å². The topological polar surface area (TPSA) is 35.5 Å². The molecule has 3 rings (SSSR count). The fraction of sp³-hybridized carbons (Fsp3) is 0.174. The van der Waals surface area contributed by atoms with E-state index in [9.17, 15) is 4.79 Å². The summed E-state index contributed by atoms with van der Waals surface area (Å²) < 4.78 is 12.4. The smallest absolute Gasteiger partial charge is 0.313 e. The Morgan fingerprint density at radius 2 is 1.63 bits per heavy atom. The van der Waals surface area contributed by atoms with Gasteiger partial charge in [-0.25, -0.2) is 0 Å². The number of halogens is 1. The summed E-state index contributed by atoms with van der Waals surface area (Å²) in [5.74, 6) is 1.01. The van der Waals surface area contributed by atoms with Gasteiger partial charge in [0.25, 0.3) is 0 Å². The maximum absolute atomic E-state index is 12.5. The van der Waals surface area contributed by atoms with Crippen molar-refractivity contribution in [2.75, 3.05) is 0 Å². The lowest BCUT2D eigenvalue weighted by Gasteiger charge is -2.15. The molecule has 1 unspecified atom stereocenters. The van der Waals surface area contributed by atoms with Gasteiger partial charge < -0.3 is 9.47 Å². The standard InChI is InChI=1S/C23H21BrO3/c1-2-22(18-11-13-19(24)14-12-18)23(25)26-16-17-7-6-10-21(15-17)27-20-8-4-3-5-9-20/h3-15,22H,2,16H2,1H3. The minimum Gasteiger partial charge on any atom is -0.460 e. The Kier molecular flexibility index (Phi) is 6.66. The normalized spacial score (nSPS) is 11.6. The molecule has 0 fully saturated rings. The number of benzene rings is 3. The van der Waals surface area contributed by atoms with Crippen molar-refractivity contribution in [2.45, 2.75) is 25.9 Å². The van der Waals surface area contributed by atoms with Crippen LogP contribution in [-0.2, 0) is 16.1 Å². The maximum Gasteiger partial charge on any atom is 0.313 e. The third kappa shape index (κ3) is 5.44. The van der Waals surface area contributed by atoms with E-state index < -0.39 is 0 Å². The Labute approximate surface area is 168 Å². The van der Waals surface area contributed by atoms with Crippen molar-refractivity contribution in [3.8, 4) is 11.5 Å². The molecule has 3 aromatic carbocycles. The molecular weight excluding hydrogens is 404 g/mol. The van der Waals surface area contributed by atoms with Gasteiger partial charge >= 0.3 is 5.97 Å². The number of para-hydroxylation sites is 1. The number of ether oxygens (including phenoxy) is 2. The van der Waals surface area contributed by atoms with Crippen LogP contribution in [-0.4, -0.2) is 5.97 Å². The van der Waals surface area contributed by atoms with Gasteiger partial charge in [0.05, 0.1) is 5.92 Å². The van der Waals surface area contributed by atoms with E-state index in [1.54, 1.807) is 0 Å². The first-order valence-electron chi connectivity index (χ1n) is 8.89. The summed E-state index contributed by atoms with van der Waals surface area (Å²) in [5.41, 5.74) is 1.86. The molecule has 0 N–H and O–H groups in total. The maximum atomic E-state index is 12.5. The molecule has 4 heteroatoms. The highest BCUT2D eigenvalue weighted by atomic mass is 79.9. The number of carbonyl (C=O) groups is 1. The highest BCUT2D eigenvalue weighted by Gasteiger charge is 2.20. The molecule has 0 bridgehead atoms. The monoisotopic (exact) mass is 424 g/mol. The van der Waals surface area contributed by atoms with E-state index in [1.165, 1.54) is 0 Å². The molecule has 27 heavy (non-hydrogen) atoms. The van der Waals surface area contributed by atoms with Gasteiger partial charge in [0.1, 0.15) is 18.1 Å². The Morgan fingerprint density at radius 3 is 2.33 bits per heavy atom. The summed E-state index contributed by atoms with van der Waals surface area (Å²) in [7, 11) is 0. The van der Waals surface area contributed by atoms with Crippen LogP contribution in [0.25, 0.3) is 0 Å². The molecule has 0 aromatic heterocycles. The largest absolute Gasteiger partial charge is 0.460 e. The number of carbonyl (C=O) groups excluding carboxylic acids is 1. The third-order valence-corrected chi connectivity index (χ3v) is 4.75. The van der Waals surface area contributed by atoms with Gasteiger partial charge in [-0.15, -0.1) is 0 Å². The molecule has 0 spiro atoms. The zero-order valence-electron chi connectivity index (χ0n) is 15.1. The number of rotatable bonds is 7. The van der Waals surface area contributed by atoms with Crippen molar-refractivity contribution < 1.29 is 14.3 Å². The van der Waals surface area contributed by atoms with Crippen LogP contribution in [0.4, 0.5) is 0 Å². The number of esters is 1. The molecule has 0 aliphatic carbocycles. The zero-order valence-corrected chi connectivity index (χ0v) is 16.7. The first-order chi connectivity index (χ1) is 13.2. The van der Waals surface area contributed by atoms with Crippen LogP contribution >= 0.6 is 15.9 Å². The molecular formula is C23H21BrO3. The lowest BCUT2D eigenvalue weighted by molar-refractivity contribution is -0.146. The van der Waals surface area contributed by atoms with Crippen molar-refractivity contribution in [3.63, 3.8) is 0 Å². The average molecular weight is 425 g/mol. The molecule has 0 amide bonds. The molecule has 1 atom stereocenters. The van der Waals surface area contributed by atoms with E-state index in [1.807, 2.05) is 85.8 Å². The highest BCUT2D eigenvalue weighted by Crippen LogP contribution is 2.25. The highest BCUT2D eigenvalue weighted by molar-refractivity contribution is 9.10. The van der Waals surface area contributed by atoms with Crippen LogP contribution in [0.3, 0.4) is 0 Å². The Bertz CT molecular complexity index is 876. The van der Waals surface area contributed by atoms with Gasteiger partial charge in [0.15, 0.2) is 0 Å². The molecule has 0 aliphatic heterocycles. The van der Waals surface area contributed by atoms with Crippen LogP contribution in [0.5, 0.6) is 11.5 Å². The number of hydrogen-bond acceptors (Lipinski definition) is 3. The quantitative estimate of drug-likeness (QED) is 0.407. The summed E-state index contributed by atoms with van der Waals surface area (Å²) in [6.45, 7) is 2.21. The van der Waals surface area contributed by atoms with E-state index in [2.05, 4.69) is 15.9 Å². The van der Waals surface area contributed by atoms with E-state index in [0.717, 1.165) is 27.1 Å². The first-order valence-corrected chi connectivity index (χ1v) is 9.69. The van der Waals surface area contributed by atoms with Crippen LogP contribution in [0, 0.1) is 0 Å². The van der Waals surface area contributed by atoms with Gasteiger partial charge in [-0.05, 0) is 53.9 Å². The van der Waals surface area contributed by atoms with Gasteiger partial charge in [0, 0.05) is 4.47 Å². The van der Waals surface area contributed by atoms with Crippen molar-refractivity contribution in [3.05, 3.63) is 94.5 Å². The van der Waals surface area contributed by atoms with E-state index in [0.29, 0.717) is 6.42 Å². The summed E-state index contributed by atoms with van der Waals surface area (Å²) in [6.07, 6.45) is 0.692. The molecule has 3 aromatic rings. The second kappa shape index (κ2) is 9.38. The minimum atomic E-state index is -0.262. The van der Waals surface area contributed by atoms with Gasteiger partial charge in [-0.2, -0.15) is 0 Å². The van der Waals surface area contributed by atoms with Crippen molar-refractivity contribution >= 4 is 21.9 Å². The SMILES string of the molecule is CCC(C(=O)OCc1cccc(Oc2ccccc2)c1)c1ccc(Br)cc1. The molecule has 0 heterocycles. The molecule has 138 valence electrons. The molecule has 0 radical (unpaired) electrons. The van der Waals surface area contributed by atoms with E-state index in [4.69, 9.17) is 9.47 Å². The molecule has 0 aliphatic rings. The van der Waals surface area contributed by atoms with Crippen LogP contribution in [0.1, 0.15) is 30.4 Å². The average Bonchev–Trinajstić information content (AvgIpc) is 2.69. The summed E-state index contributed by atoms with van der Waals surface area (Å²) in [6, 6.07) is 25.0. The Hall–Kier alpha value is -2.59. The van der Waals surface area contributed by atoms with Crippen molar-refractivity contribution in [1.82, 2.24) is 0 Å². The van der Waals surface area contributed by atoms with E-state index >= 15 is 0 Å². The third-order valence-electron chi connectivity index (χ3n) is 4.22. The second-order valence-corrected chi connectivity index (χ2v) is 7.10. The van der Waals surface area contributed by atoms with Crippen molar-refractivity contribution in [1.29, 1.82) is 0 Å². The Balaban J connectivity index is 1.62. The zero-order chi connectivity index (χ0) is 19.1. The Morgan fingerprint density at radius 1 is 0.926 bits per heavy atom. The predicted octanol–water partition coefficient (Wildman–Crippen LogP) is 6.48. The summed E-state index contributed by atoms with van der Waals surface area (Å²) >= 11 is 3.42. The van der Waals surface area contributed by atoms with Crippen LogP contribution in [0.2, 0.25) is 0 Å². The van der Waals surface area contributed by atoms with Crippen molar-refractivity contribution in [2.24, 2.45) is 0 Å². The number of hydrogen-bond donors (Lipinski definition) is 0. The van der Waals surface area contributed by atoms with E-state index in [-0.39, 0.29) is 18.5 Å². The fourth-order valence-corrected chi connectivity index (χ4v) is 3.08. The van der Waals surface area contributed by atoms with Crippen LogP contribution in [0.15, 0.2) is 83.3 Å². The lowest BCUT2D eigenvalue weighted by atomic mass is 9.97. The van der Waals surface area contributed by atoms with Crippen LogP contribution < -0.4 is 4.74 Å². The molecule has 3 nitrogen and oxygen atoms in total. The first kappa shape index (κ1) is 19.2. The summed E-state index contributed by atoms with van der Waals surface area (Å²) in [4.78, 5) is 12.5. The van der Waals surface area contributed by atoms with Gasteiger partial charge in [-0.3, -0.25) is 4.79 Å². The molecule has 0 saturated carbocycles. The summed E-state index contributed by atoms with van der Waals surface area (Å²) in [5, 5.41) is 0. The minimum absolute atomic E-state index is 0.214. The predicted molar refractivity (Wildman–Crippen MR) is 110 cm³/mol.